The van der Waals surface area contributed by atoms with Crippen LogP contribution in [0.25, 0.3) is 0 Å². The van der Waals surface area contributed by atoms with E-state index >= 15 is 0 Å². The maximum Gasteiger partial charge on any atom is 0.295 e. The van der Waals surface area contributed by atoms with Gasteiger partial charge in [-0.15, -0.1) is 0 Å². The highest BCUT2D eigenvalue weighted by atomic mass is 28.3. The Kier molecular flexibility index (Phi) is 4.68. The topological polar surface area (TPSA) is 29.1 Å². The number of rotatable bonds is 3. The molecule has 0 bridgehead atoms. The number of amides is 1. The minimum absolute atomic E-state index is 0.157. The zero-order valence-electron chi connectivity index (χ0n) is 8.32. The van der Waals surface area contributed by atoms with Crippen molar-refractivity contribution in [3.63, 3.8) is 0 Å². The highest BCUT2D eigenvalue weighted by Crippen LogP contribution is 2.05. The van der Waals surface area contributed by atoms with Crippen molar-refractivity contribution in [2.24, 2.45) is 0 Å². The van der Waals surface area contributed by atoms with E-state index in [4.69, 9.17) is 0 Å². The molecule has 0 fully saturated rings. The molecule has 0 saturated carbocycles. The fourth-order valence-electron chi connectivity index (χ4n) is 0.709. The molecule has 0 atom stereocenters. The molecule has 0 heterocycles. The summed E-state index contributed by atoms with van der Waals surface area (Å²) >= 11 is 0. The highest BCUT2D eigenvalue weighted by Gasteiger charge is 2.11. The molecule has 2 nitrogen and oxygen atoms in total. The van der Waals surface area contributed by atoms with E-state index < -0.39 is 8.07 Å². The van der Waals surface area contributed by atoms with Crippen LogP contribution in [0.2, 0.25) is 25.7 Å². The van der Waals surface area contributed by atoms with Gasteiger partial charge in [0, 0.05) is 14.6 Å². The Hall–Kier alpha value is -0.753. The second-order valence-electron chi connectivity index (χ2n) is 3.94. The standard InChI is InChI=1S/C9H17NOSi/c1-5-6-9(11)10-7-8-12(2,3)4/h7-8H2,1-4H3,(H,10,11). The van der Waals surface area contributed by atoms with E-state index in [9.17, 15) is 4.79 Å². The third-order valence-corrected chi connectivity index (χ3v) is 3.15. The molecule has 0 aliphatic carbocycles. The van der Waals surface area contributed by atoms with Crippen LogP contribution in [0.1, 0.15) is 6.92 Å². The first-order valence-electron chi connectivity index (χ1n) is 4.16. The fraction of sp³-hybridized carbons (Fsp3) is 0.667. The number of carbonyl (C=O) groups excluding carboxylic acids is 1. The highest BCUT2D eigenvalue weighted by molar-refractivity contribution is 6.76. The first kappa shape index (κ1) is 11.2. The van der Waals surface area contributed by atoms with Gasteiger partial charge in [0.25, 0.3) is 5.91 Å². The lowest BCUT2D eigenvalue weighted by atomic mass is 10.5. The predicted molar refractivity (Wildman–Crippen MR) is 54.6 cm³/mol. The van der Waals surface area contributed by atoms with Crippen LogP contribution in [0.5, 0.6) is 0 Å². The molecule has 0 aliphatic heterocycles. The van der Waals surface area contributed by atoms with Crippen molar-refractivity contribution in [3.05, 3.63) is 0 Å². The summed E-state index contributed by atoms with van der Waals surface area (Å²) in [6, 6.07) is 1.12. The van der Waals surface area contributed by atoms with Crippen LogP contribution in [-0.4, -0.2) is 20.5 Å². The predicted octanol–water partition coefficient (Wildman–Crippen LogP) is 1.46. The molecule has 0 saturated heterocycles. The number of hydrogen-bond acceptors (Lipinski definition) is 1. The largest absolute Gasteiger partial charge is 0.346 e. The summed E-state index contributed by atoms with van der Waals surface area (Å²) in [5.41, 5.74) is 0. The lowest BCUT2D eigenvalue weighted by Gasteiger charge is -2.14. The third-order valence-electron chi connectivity index (χ3n) is 1.40. The average Bonchev–Trinajstić information content (AvgIpc) is 1.84. The lowest BCUT2D eigenvalue weighted by Crippen LogP contribution is -2.30. The van der Waals surface area contributed by atoms with Gasteiger partial charge in [0.15, 0.2) is 0 Å². The maximum absolute atomic E-state index is 10.9. The maximum atomic E-state index is 10.9. The molecule has 68 valence electrons. The van der Waals surface area contributed by atoms with Gasteiger partial charge >= 0.3 is 0 Å². The van der Waals surface area contributed by atoms with Gasteiger partial charge in [-0.2, -0.15) is 0 Å². The molecule has 3 heteroatoms. The quantitative estimate of drug-likeness (QED) is 0.521. The van der Waals surface area contributed by atoms with Crippen molar-refractivity contribution in [2.75, 3.05) is 6.54 Å². The molecule has 1 amide bonds. The first-order valence-corrected chi connectivity index (χ1v) is 7.87. The Bertz CT molecular complexity index is 207. The molecule has 0 aromatic rings. The Morgan fingerprint density at radius 2 is 2.00 bits per heavy atom. The van der Waals surface area contributed by atoms with Crippen molar-refractivity contribution in [3.8, 4) is 11.8 Å². The molecule has 1 N–H and O–H groups in total. The van der Waals surface area contributed by atoms with Gasteiger partial charge in [0.1, 0.15) is 0 Å². The summed E-state index contributed by atoms with van der Waals surface area (Å²) in [4.78, 5) is 10.9. The molecule has 0 aliphatic rings. The zero-order chi connectivity index (χ0) is 9.61. The molecule has 0 spiro atoms. The summed E-state index contributed by atoms with van der Waals surface area (Å²) < 4.78 is 0. The number of hydrogen-bond donors (Lipinski definition) is 1. The smallest absolute Gasteiger partial charge is 0.295 e. The van der Waals surface area contributed by atoms with Gasteiger partial charge in [-0.25, -0.2) is 0 Å². The van der Waals surface area contributed by atoms with Crippen LogP contribution in [0.15, 0.2) is 0 Å². The van der Waals surface area contributed by atoms with Crippen LogP contribution >= 0.6 is 0 Å². The first-order chi connectivity index (χ1) is 5.45. The fourth-order valence-corrected chi connectivity index (χ4v) is 1.58. The van der Waals surface area contributed by atoms with Crippen molar-refractivity contribution in [1.82, 2.24) is 5.32 Å². The normalized spacial score (nSPS) is 10.0. The van der Waals surface area contributed by atoms with Gasteiger partial charge in [0.05, 0.1) is 0 Å². The summed E-state index contributed by atoms with van der Waals surface area (Å²) in [6.07, 6.45) is 0. The van der Waals surface area contributed by atoms with Crippen molar-refractivity contribution in [2.45, 2.75) is 32.6 Å². The molecule has 12 heavy (non-hydrogen) atoms. The van der Waals surface area contributed by atoms with Crippen molar-refractivity contribution >= 4 is 14.0 Å². The summed E-state index contributed by atoms with van der Waals surface area (Å²) in [7, 11) is -1.01. The Morgan fingerprint density at radius 1 is 1.42 bits per heavy atom. The molecular weight excluding hydrogens is 166 g/mol. The summed E-state index contributed by atoms with van der Waals surface area (Å²) in [5, 5.41) is 2.76. The second-order valence-corrected chi connectivity index (χ2v) is 9.56. The van der Waals surface area contributed by atoms with Gasteiger partial charge < -0.3 is 5.32 Å². The van der Waals surface area contributed by atoms with Gasteiger partial charge in [-0.3, -0.25) is 4.79 Å². The van der Waals surface area contributed by atoms with Gasteiger partial charge in [-0.05, 0) is 18.9 Å². The summed E-state index contributed by atoms with van der Waals surface area (Å²) in [6.45, 7) is 9.28. The van der Waals surface area contributed by atoms with E-state index in [2.05, 4.69) is 36.8 Å². The van der Waals surface area contributed by atoms with Crippen molar-refractivity contribution < 1.29 is 4.79 Å². The Balaban J connectivity index is 3.55. The van der Waals surface area contributed by atoms with Gasteiger partial charge in [0.2, 0.25) is 0 Å². The Morgan fingerprint density at radius 3 is 2.42 bits per heavy atom. The van der Waals surface area contributed by atoms with E-state index in [1.54, 1.807) is 6.92 Å². The van der Waals surface area contributed by atoms with Crippen LogP contribution in [-0.2, 0) is 4.79 Å². The lowest BCUT2D eigenvalue weighted by molar-refractivity contribution is -0.115. The number of carbonyl (C=O) groups is 1. The molecule has 0 rings (SSSR count). The van der Waals surface area contributed by atoms with Crippen molar-refractivity contribution in [1.29, 1.82) is 0 Å². The average molecular weight is 183 g/mol. The van der Waals surface area contributed by atoms with E-state index in [-0.39, 0.29) is 5.91 Å². The van der Waals surface area contributed by atoms with E-state index in [0.717, 1.165) is 12.6 Å². The number of nitrogens with one attached hydrogen (secondary N) is 1. The van der Waals surface area contributed by atoms with E-state index in [1.165, 1.54) is 0 Å². The molecule has 0 aromatic heterocycles. The van der Waals surface area contributed by atoms with Crippen LogP contribution < -0.4 is 5.32 Å². The van der Waals surface area contributed by atoms with Crippen LogP contribution in [0.3, 0.4) is 0 Å². The molecule has 0 radical (unpaired) electrons. The second kappa shape index (κ2) is 4.99. The molecule has 0 unspecified atom stereocenters. The molecular formula is C9H17NOSi. The minimum Gasteiger partial charge on any atom is -0.346 e. The van der Waals surface area contributed by atoms with E-state index in [1.807, 2.05) is 0 Å². The molecule has 0 aromatic carbocycles. The zero-order valence-corrected chi connectivity index (χ0v) is 9.32. The summed E-state index contributed by atoms with van der Waals surface area (Å²) in [5.74, 6) is 4.85. The monoisotopic (exact) mass is 183 g/mol. The van der Waals surface area contributed by atoms with Crippen LogP contribution in [0.4, 0.5) is 0 Å². The van der Waals surface area contributed by atoms with Crippen LogP contribution in [0, 0.1) is 11.8 Å². The van der Waals surface area contributed by atoms with E-state index in [0.29, 0.717) is 0 Å². The minimum atomic E-state index is -1.01. The van der Waals surface area contributed by atoms with Gasteiger partial charge in [-0.1, -0.05) is 25.6 Å². The third kappa shape index (κ3) is 7.36. The SMILES string of the molecule is CC#CC(=O)NCC[Si](C)(C)C. The Labute approximate surface area is 75.8 Å².